The van der Waals surface area contributed by atoms with E-state index >= 15 is 0 Å². The number of thiophene rings is 2. The van der Waals surface area contributed by atoms with Crippen molar-refractivity contribution in [3.63, 3.8) is 0 Å². The zero-order valence-electron chi connectivity index (χ0n) is 74.0. The van der Waals surface area contributed by atoms with Gasteiger partial charge in [-0.05, 0) is 235 Å². The Morgan fingerprint density at radius 1 is 0.188 bits per heavy atom. The molecule has 138 heavy (non-hydrogen) atoms. The maximum Gasteiger partial charge on any atom is 0.148 e. The van der Waals surface area contributed by atoms with E-state index in [-0.39, 0.29) is 0 Å². The number of hydrogen-bond acceptors (Lipinski definition) is 8. The molecular weight excluding hydrogens is 1720 g/mol. The summed E-state index contributed by atoms with van der Waals surface area (Å²) in [6.45, 7) is 0. The summed E-state index contributed by atoms with van der Waals surface area (Å²) >= 11 is 3.74. The minimum absolute atomic E-state index is 0.943. The summed E-state index contributed by atoms with van der Waals surface area (Å²) in [7, 11) is 0. The first-order chi connectivity index (χ1) is 68.4. The Labute approximate surface area is 796 Å². The van der Waals surface area contributed by atoms with Crippen LogP contribution in [0.15, 0.2) is 449 Å². The minimum Gasteiger partial charge on any atom is -0.309 e. The monoisotopic (exact) mass is 1790 g/mol. The van der Waals surface area contributed by atoms with Gasteiger partial charge < -0.3 is 4.57 Å². The molecule has 0 aliphatic carbocycles. The number of imidazole rings is 3. The van der Waals surface area contributed by atoms with E-state index in [0.717, 1.165) is 121 Å². The van der Waals surface area contributed by atoms with Gasteiger partial charge in [0.25, 0.3) is 0 Å². The highest BCUT2D eigenvalue weighted by molar-refractivity contribution is 7.26. The zero-order valence-corrected chi connectivity index (χ0v) is 75.6. The Morgan fingerprint density at radius 2 is 0.529 bits per heavy atom. The average Bonchev–Trinajstić information content (AvgIpc) is 1.48. The lowest BCUT2D eigenvalue weighted by molar-refractivity contribution is 1.18. The fraction of sp³-hybridized carbons (Fsp3) is 0. The molecule has 0 spiro atoms. The number of fused-ring (bicyclic) bond motifs is 39. The molecule has 19 aromatic carbocycles. The number of aromatic nitrogens is 10. The van der Waals surface area contributed by atoms with Crippen molar-refractivity contribution >= 4 is 233 Å². The maximum absolute atomic E-state index is 5.14. The van der Waals surface area contributed by atoms with E-state index in [2.05, 4.69) is 430 Å². The number of benzene rings is 19. The van der Waals surface area contributed by atoms with Gasteiger partial charge in [0.05, 0.1) is 93.4 Å². The number of rotatable bonds is 7. The quantitative estimate of drug-likeness (QED) is 0.148. The molecule has 12 heterocycles. The molecule has 12 heteroatoms. The van der Waals surface area contributed by atoms with Crippen LogP contribution in [-0.4, -0.2) is 47.7 Å². The summed E-state index contributed by atoms with van der Waals surface area (Å²) in [5.41, 5.74) is 33.6. The highest BCUT2D eigenvalue weighted by Crippen LogP contribution is 2.47. The van der Waals surface area contributed by atoms with Gasteiger partial charge in [0.15, 0.2) is 0 Å². The molecular formula is C126H74N10S2. The van der Waals surface area contributed by atoms with E-state index in [0.29, 0.717) is 0 Å². The summed E-state index contributed by atoms with van der Waals surface area (Å²) in [5, 5.41) is 21.5. The van der Waals surface area contributed by atoms with Gasteiger partial charge in [-0.1, -0.05) is 279 Å². The molecule has 0 fully saturated rings. The number of hydrogen-bond donors (Lipinski definition) is 0. The first-order valence-corrected chi connectivity index (χ1v) is 48.3. The summed E-state index contributed by atoms with van der Waals surface area (Å²) < 4.78 is 14.6. The molecule has 0 saturated heterocycles. The van der Waals surface area contributed by atoms with E-state index < -0.39 is 0 Å². The summed E-state index contributed by atoms with van der Waals surface area (Å²) in [6.07, 6.45) is 5.63. The average molecular weight is 1790 g/mol. The van der Waals surface area contributed by atoms with Crippen molar-refractivity contribution in [2.75, 3.05) is 0 Å². The van der Waals surface area contributed by atoms with Crippen molar-refractivity contribution in [3.05, 3.63) is 449 Å². The van der Waals surface area contributed by atoms with Gasteiger partial charge in [-0.2, -0.15) is 0 Å². The second-order valence-electron chi connectivity index (χ2n) is 35.9. The van der Waals surface area contributed by atoms with Crippen LogP contribution in [0.4, 0.5) is 0 Å². The standard InChI is InChI=1S/C46H28N4.2C40H23N3S/c1-2-10-34(11-3-1)49-40-14-6-4-12-35(40)37-27-32(21-24-41(37)49)29-16-18-30(19-17-29)33-22-25-42-38(28-33)36-23-20-31-9-8-26-47-45(31)44(36)46-48-39-13-5-7-15-43(39)50(42)46;1-4-16-36-29(11-1)31-13-6-12-28(39(31)44-36)27-9-5-8-25(22-27)26-18-20-34-32(23-26)30-19-17-24-10-7-21-41-38(24)37(30)40-42-33-14-2-3-15-35(33)43(34)40;1-4-10-36-29(7-1)32-23-28(17-20-37(32)44-36)25-13-11-24(12-14-25)27-16-19-34-31(22-27)30-18-15-26-6-5-21-41-39(26)38(30)40-42-33-8-2-3-9-35(33)43(34)40/h1-28H;2*1-23H. The highest BCUT2D eigenvalue weighted by Gasteiger charge is 2.24. The molecule has 31 rings (SSSR count). The lowest BCUT2D eigenvalue weighted by Gasteiger charge is -2.13. The van der Waals surface area contributed by atoms with Gasteiger partial charge in [-0.25, -0.2) is 15.0 Å². The van der Waals surface area contributed by atoms with E-state index in [1.54, 1.807) is 0 Å². The molecule has 0 amide bonds. The third-order valence-electron chi connectivity index (χ3n) is 28.3. The molecule has 0 radical (unpaired) electrons. The Hall–Kier alpha value is -17.9. The SMILES string of the molecule is c1cc(-c2ccc3c(c2)c2ccc4cccnc4c2c2nc4ccccc4n32)cc(-c2cccc3c2sc2ccccc23)c1.c1ccc(-n2c3ccccc3c3cc(-c4ccc(-c5ccc6c(c5)c5ccc7cccnc7c5c5nc7ccccc7n65)cc4)ccc32)cc1.c1cnc2c(c1)ccc1c3cc(-c4ccc(-c5ccc6sc7ccccc7c6c5)cc4)ccc3n3c4ccccc4nc3c12. The Morgan fingerprint density at radius 3 is 1.01 bits per heavy atom. The van der Waals surface area contributed by atoms with Crippen LogP contribution in [0.1, 0.15) is 0 Å². The van der Waals surface area contributed by atoms with Crippen molar-refractivity contribution < 1.29 is 0 Å². The zero-order chi connectivity index (χ0) is 90.3. The third-order valence-corrected chi connectivity index (χ3v) is 30.7. The minimum atomic E-state index is 0.943. The van der Waals surface area contributed by atoms with Gasteiger partial charge in [0, 0.05) is 108 Å². The van der Waals surface area contributed by atoms with Gasteiger partial charge in [0.2, 0.25) is 0 Å². The lowest BCUT2D eigenvalue weighted by atomic mass is 9.95. The van der Waals surface area contributed by atoms with E-state index in [9.17, 15) is 0 Å². The second-order valence-corrected chi connectivity index (χ2v) is 38.0. The van der Waals surface area contributed by atoms with Crippen LogP contribution >= 0.6 is 22.7 Å². The van der Waals surface area contributed by atoms with Crippen LogP contribution in [0.5, 0.6) is 0 Å². The van der Waals surface area contributed by atoms with Crippen molar-refractivity contribution in [2.45, 2.75) is 0 Å². The van der Waals surface area contributed by atoms with Crippen LogP contribution in [0, 0.1) is 0 Å². The maximum atomic E-state index is 5.14. The number of para-hydroxylation sites is 8. The second kappa shape index (κ2) is 30.8. The fourth-order valence-corrected chi connectivity index (χ4v) is 24.3. The molecule has 31 aromatic rings. The van der Waals surface area contributed by atoms with Gasteiger partial charge >= 0.3 is 0 Å². The third kappa shape index (κ3) is 12.1. The number of pyridine rings is 6. The fourth-order valence-electron chi connectivity index (χ4n) is 21.9. The molecule has 0 saturated carbocycles. The van der Waals surface area contributed by atoms with Crippen molar-refractivity contribution in [3.8, 4) is 72.4 Å². The van der Waals surface area contributed by atoms with Gasteiger partial charge in [-0.15, -0.1) is 22.7 Å². The predicted octanol–water partition coefficient (Wildman–Crippen LogP) is 33.9. The summed E-state index contributed by atoms with van der Waals surface area (Å²) in [6, 6.07) is 155. The number of nitrogens with zero attached hydrogens (tertiary/aromatic N) is 10. The van der Waals surface area contributed by atoms with Crippen LogP contribution in [0.25, 0.3) is 282 Å². The smallest absolute Gasteiger partial charge is 0.148 e. The molecule has 0 N–H and O–H groups in total. The molecule has 0 aliphatic heterocycles. The summed E-state index contributed by atoms with van der Waals surface area (Å²) in [4.78, 5) is 29.9. The molecule has 10 nitrogen and oxygen atoms in total. The van der Waals surface area contributed by atoms with Crippen molar-refractivity contribution in [1.29, 1.82) is 0 Å². The normalized spacial score (nSPS) is 12.1. The Balaban J connectivity index is 0.000000100. The predicted molar refractivity (Wildman–Crippen MR) is 582 cm³/mol. The first-order valence-electron chi connectivity index (χ1n) is 46.7. The Kier molecular flexibility index (Phi) is 17.3. The van der Waals surface area contributed by atoms with Gasteiger partial charge in [-0.3, -0.25) is 28.2 Å². The largest absolute Gasteiger partial charge is 0.309 e. The van der Waals surface area contributed by atoms with E-state index in [1.165, 1.54) is 162 Å². The molecule has 0 atom stereocenters. The van der Waals surface area contributed by atoms with E-state index in [1.807, 2.05) is 59.5 Å². The molecule has 12 aromatic heterocycles. The molecule has 0 aliphatic rings. The van der Waals surface area contributed by atoms with Crippen LogP contribution in [0.3, 0.4) is 0 Å². The first kappa shape index (κ1) is 77.6. The lowest BCUT2D eigenvalue weighted by Crippen LogP contribution is -1.94. The molecule has 0 bridgehead atoms. The Bertz CT molecular complexity index is 10600. The molecule has 640 valence electrons. The molecule has 0 unspecified atom stereocenters. The van der Waals surface area contributed by atoms with Crippen molar-refractivity contribution in [1.82, 2.24) is 47.7 Å². The van der Waals surface area contributed by atoms with Crippen molar-refractivity contribution in [2.24, 2.45) is 0 Å². The van der Waals surface area contributed by atoms with Crippen LogP contribution in [-0.2, 0) is 0 Å². The van der Waals surface area contributed by atoms with Gasteiger partial charge in [0.1, 0.15) is 16.9 Å². The summed E-state index contributed by atoms with van der Waals surface area (Å²) in [5.74, 6) is 0. The van der Waals surface area contributed by atoms with E-state index in [4.69, 9.17) is 29.9 Å². The van der Waals surface area contributed by atoms with Crippen LogP contribution in [0.2, 0.25) is 0 Å². The topological polar surface area (TPSA) is 95.5 Å². The highest BCUT2D eigenvalue weighted by atomic mass is 32.1. The van der Waals surface area contributed by atoms with Crippen LogP contribution < -0.4 is 0 Å².